The predicted molar refractivity (Wildman–Crippen MR) is 64.1 cm³/mol. The van der Waals surface area contributed by atoms with Gasteiger partial charge in [0.15, 0.2) is 0 Å². The van der Waals surface area contributed by atoms with Crippen LogP contribution in [0.15, 0.2) is 42.6 Å². The summed E-state index contributed by atoms with van der Waals surface area (Å²) in [5.41, 5.74) is 4.16. The van der Waals surface area contributed by atoms with Crippen molar-refractivity contribution in [3.8, 4) is 0 Å². The molecule has 0 fully saturated rings. The third-order valence-electron chi connectivity index (χ3n) is 2.99. The van der Waals surface area contributed by atoms with Crippen LogP contribution in [0.25, 0.3) is 0 Å². The molecule has 1 nitrogen and oxygen atoms in total. The van der Waals surface area contributed by atoms with Crippen LogP contribution in [0.5, 0.6) is 0 Å². The van der Waals surface area contributed by atoms with Gasteiger partial charge in [-0.15, -0.1) is 0 Å². The van der Waals surface area contributed by atoms with E-state index in [2.05, 4.69) is 61.0 Å². The van der Waals surface area contributed by atoms with Crippen LogP contribution in [0.3, 0.4) is 0 Å². The fourth-order valence-electron chi connectivity index (χ4n) is 1.80. The molecule has 1 aromatic carbocycles. The Morgan fingerprint density at radius 1 is 1.00 bits per heavy atom. The monoisotopic (exact) mass is 199 g/mol. The first-order valence-corrected chi connectivity index (χ1v) is 5.43. The Morgan fingerprint density at radius 3 is 2.33 bits per heavy atom. The SMILES string of the molecule is Cc1ccn(CCc2ccccc2)c1C. The molecule has 0 radical (unpaired) electrons. The van der Waals surface area contributed by atoms with Gasteiger partial charge in [-0.05, 0) is 37.5 Å². The maximum Gasteiger partial charge on any atom is 0.0262 e. The predicted octanol–water partition coefficient (Wildman–Crippen LogP) is 3.35. The summed E-state index contributed by atoms with van der Waals surface area (Å²) in [7, 11) is 0. The average molecular weight is 199 g/mol. The zero-order chi connectivity index (χ0) is 10.7. The standard InChI is InChI=1S/C14H17N/c1-12-8-10-15(13(12)2)11-9-14-6-4-3-5-7-14/h3-8,10H,9,11H2,1-2H3. The van der Waals surface area contributed by atoms with Crippen LogP contribution < -0.4 is 0 Å². The van der Waals surface area contributed by atoms with Gasteiger partial charge in [-0.25, -0.2) is 0 Å². The smallest absolute Gasteiger partial charge is 0.0262 e. The van der Waals surface area contributed by atoms with E-state index in [4.69, 9.17) is 0 Å². The molecule has 0 aliphatic heterocycles. The summed E-state index contributed by atoms with van der Waals surface area (Å²) in [4.78, 5) is 0. The summed E-state index contributed by atoms with van der Waals surface area (Å²) < 4.78 is 2.32. The largest absolute Gasteiger partial charge is 0.351 e. The second-order valence-electron chi connectivity index (χ2n) is 4.01. The number of benzene rings is 1. The Bertz CT molecular complexity index is 426. The molecule has 0 amide bonds. The summed E-state index contributed by atoms with van der Waals surface area (Å²) in [6, 6.07) is 12.8. The van der Waals surface area contributed by atoms with Gasteiger partial charge in [0, 0.05) is 18.4 Å². The Morgan fingerprint density at radius 2 is 1.73 bits per heavy atom. The van der Waals surface area contributed by atoms with Crippen molar-refractivity contribution in [2.24, 2.45) is 0 Å². The molecule has 0 unspecified atom stereocenters. The van der Waals surface area contributed by atoms with E-state index in [1.807, 2.05) is 0 Å². The molecule has 0 spiro atoms. The van der Waals surface area contributed by atoms with Crippen LogP contribution in [0.1, 0.15) is 16.8 Å². The molecule has 0 bridgehead atoms. The summed E-state index contributed by atoms with van der Waals surface area (Å²) in [6.07, 6.45) is 3.28. The molecule has 0 N–H and O–H groups in total. The Kier molecular flexibility index (Phi) is 2.91. The van der Waals surface area contributed by atoms with E-state index in [1.54, 1.807) is 0 Å². The van der Waals surface area contributed by atoms with Gasteiger partial charge in [-0.2, -0.15) is 0 Å². The highest BCUT2D eigenvalue weighted by Crippen LogP contribution is 2.09. The summed E-state index contributed by atoms with van der Waals surface area (Å²) in [6.45, 7) is 5.42. The molecule has 0 saturated carbocycles. The number of hydrogen-bond acceptors (Lipinski definition) is 0. The van der Waals surface area contributed by atoms with E-state index in [0.29, 0.717) is 0 Å². The summed E-state index contributed by atoms with van der Waals surface area (Å²) >= 11 is 0. The Balaban J connectivity index is 2.02. The Hall–Kier alpha value is -1.50. The highest BCUT2D eigenvalue weighted by atomic mass is 15.0. The van der Waals surface area contributed by atoms with Crippen molar-refractivity contribution in [3.05, 3.63) is 59.4 Å². The average Bonchev–Trinajstić information content (AvgIpc) is 2.59. The lowest BCUT2D eigenvalue weighted by atomic mass is 10.1. The number of hydrogen-bond donors (Lipinski definition) is 0. The third-order valence-corrected chi connectivity index (χ3v) is 2.99. The van der Waals surface area contributed by atoms with Crippen LogP contribution in [0, 0.1) is 13.8 Å². The topological polar surface area (TPSA) is 4.93 Å². The van der Waals surface area contributed by atoms with Crippen molar-refractivity contribution in [1.82, 2.24) is 4.57 Å². The van der Waals surface area contributed by atoms with Gasteiger partial charge < -0.3 is 4.57 Å². The maximum absolute atomic E-state index is 2.32. The van der Waals surface area contributed by atoms with Gasteiger partial charge >= 0.3 is 0 Å². The lowest BCUT2D eigenvalue weighted by Gasteiger charge is -2.06. The van der Waals surface area contributed by atoms with Crippen LogP contribution >= 0.6 is 0 Å². The minimum absolute atomic E-state index is 1.07. The molecule has 2 rings (SSSR count). The molecular weight excluding hydrogens is 182 g/mol. The minimum atomic E-state index is 1.07. The van der Waals surface area contributed by atoms with E-state index in [9.17, 15) is 0 Å². The van der Waals surface area contributed by atoms with Gasteiger partial charge in [-0.1, -0.05) is 30.3 Å². The highest BCUT2D eigenvalue weighted by molar-refractivity contribution is 5.20. The van der Waals surface area contributed by atoms with Crippen molar-refractivity contribution in [2.75, 3.05) is 0 Å². The van der Waals surface area contributed by atoms with Gasteiger partial charge in [0.25, 0.3) is 0 Å². The van der Waals surface area contributed by atoms with Gasteiger partial charge in [0.05, 0.1) is 0 Å². The van der Waals surface area contributed by atoms with Gasteiger partial charge in [0.2, 0.25) is 0 Å². The normalized spacial score (nSPS) is 10.5. The molecule has 0 saturated heterocycles. The van der Waals surface area contributed by atoms with E-state index in [0.717, 1.165) is 13.0 Å². The second kappa shape index (κ2) is 4.35. The van der Waals surface area contributed by atoms with E-state index in [1.165, 1.54) is 16.8 Å². The molecular formula is C14H17N. The first kappa shape index (κ1) is 10.0. The zero-order valence-electron chi connectivity index (χ0n) is 9.40. The molecule has 1 heterocycles. The van der Waals surface area contributed by atoms with Crippen LogP contribution in [0.4, 0.5) is 0 Å². The molecule has 0 atom stereocenters. The Labute approximate surface area is 91.4 Å². The van der Waals surface area contributed by atoms with Crippen molar-refractivity contribution in [2.45, 2.75) is 26.8 Å². The van der Waals surface area contributed by atoms with Gasteiger partial charge in [0.1, 0.15) is 0 Å². The zero-order valence-corrected chi connectivity index (χ0v) is 9.40. The minimum Gasteiger partial charge on any atom is -0.351 e. The van der Waals surface area contributed by atoms with E-state index in [-0.39, 0.29) is 0 Å². The lowest BCUT2D eigenvalue weighted by molar-refractivity contribution is 0.680. The first-order chi connectivity index (χ1) is 7.27. The number of nitrogens with zero attached hydrogens (tertiary/aromatic N) is 1. The first-order valence-electron chi connectivity index (χ1n) is 5.43. The summed E-state index contributed by atoms with van der Waals surface area (Å²) in [5.74, 6) is 0. The molecule has 1 heteroatoms. The van der Waals surface area contributed by atoms with Gasteiger partial charge in [-0.3, -0.25) is 0 Å². The van der Waals surface area contributed by atoms with Crippen LogP contribution in [-0.4, -0.2) is 4.57 Å². The number of aromatic nitrogens is 1. The molecule has 0 aliphatic carbocycles. The van der Waals surface area contributed by atoms with Crippen LogP contribution in [0.2, 0.25) is 0 Å². The number of rotatable bonds is 3. The molecule has 15 heavy (non-hydrogen) atoms. The number of aryl methyl sites for hydroxylation is 3. The van der Waals surface area contributed by atoms with E-state index < -0.39 is 0 Å². The lowest BCUT2D eigenvalue weighted by Crippen LogP contribution is -2.01. The van der Waals surface area contributed by atoms with Crippen molar-refractivity contribution >= 4 is 0 Å². The third kappa shape index (κ3) is 2.30. The highest BCUT2D eigenvalue weighted by Gasteiger charge is 1.99. The molecule has 78 valence electrons. The maximum atomic E-state index is 2.32. The summed E-state index contributed by atoms with van der Waals surface area (Å²) in [5, 5.41) is 0. The van der Waals surface area contributed by atoms with Crippen molar-refractivity contribution < 1.29 is 0 Å². The molecule has 2 aromatic rings. The fourth-order valence-corrected chi connectivity index (χ4v) is 1.80. The fraction of sp³-hybridized carbons (Fsp3) is 0.286. The van der Waals surface area contributed by atoms with Crippen LogP contribution in [-0.2, 0) is 13.0 Å². The van der Waals surface area contributed by atoms with Crippen molar-refractivity contribution in [1.29, 1.82) is 0 Å². The van der Waals surface area contributed by atoms with Crippen molar-refractivity contribution in [3.63, 3.8) is 0 Å². The quantitative estimate of drug-likeness (QED) is 0.714. The molecule has 0 aliphatic rings. The molecule has 1 aromatic heterocycles. The second-order valence-corrected chi connectivity index (χ2v) is 4.01. The van der Waals surface area contributed by atoms with E-state index >= 15 is 0 Å².